The van der Waals surface area contributed by atoms with E-state index in [2.05, 4.69) is 51.8 Å². The van der Waals surface area contributed by atoms with Crippen LogP contribution in [0, 0.1) is 0 Å². The molecule has 1 unspecified atom stereocenters. The number of aliphatic imine (C=N–C) groups is 1. The van der Waals surface area contributed by atoms with Gasteiger partial charge in [-0.1, -0.05) is 18.2 Å². The van der Waals surface area contributed by atoms with Gasteiger partial charge in [0.05, 0.1) is 12.7 Å². The molecule has 0 saturated carbocycles. The quantitative estimate of drug-likeness (QED) is 0.358. The summed E-state index contributed by atoms with van der Waals surface area (Å²) in [5.41, 5.74) is 0. The summed E-state index contributed by atoms with van der Waals surface area (Å²) in [5.74, 6) is 1.85. The molecule has 1 aromatic rings. The number of guanidine groups is 1. The van der Waals surface area contributed by atoms with Gasteiger partial charge in [-0.3, -0.25) is 4.99 Å². The first kappa shape index (κ1) is 17.1. The van der Waals surface area contributed by atoms with Crippen molar-refractivity contribution in [3.05, 3.63) is 30.3 Å². The molecule has 0 bridgehead atoms. The van der Waals surface area contributed by atoms with Gasteiger partial charge in [0.25, 0.3) is 0 Å². The standard InChI is InChI=1S/C16H26N4OS/c1-17-16(19-12-14-13-20(2)9-10-21-14)18-8-11-22-15-6-4-3-5-7-15/h3-7,14H,8-13H2,1-2H3,(H2,17,18,19). The van der Waals surface area contributed by atoms with Gasteiger partial charge in [-0.05, 0) is 19.2 Å². The first-order chi connectivity index (χ1) is 10.8. The highest BCUT2D eigenvalue weighted by molar-refractivity contribution is 7.99. The molecule has 0 aliphatic carbocycles. The lowest BCUT2D eigenvalue weighted by atomic mass is 10.3. The zero-order chi connectivity index (χ0) is 15.6. The van der Waals surface area contributed by atoms with E-state index in [1.807, 2.05) is 17.8 Å². The first-order valence-corrected chi connectivity index (χ1v) is 8.69. The molecule has 2 rings (SSSR count). The number of nitrogens with zero attached hydrogens (tertiary/aromatic N) is 2. The van der Waals surface area contributed by atoms with Crippen LogP contribution in [0.5, 0.6) is 0 Å². The highest BCUT2D eigenvalue weighted by Crippen LogP contribution is 2.15. The van der Waals surface area contributed by atoms with Crippen LogP contribution in [0.25, 0.3) is 0 Å². The number of morpholine rings is 1. The molecule has 122 valence electrons. The third-order valence-corrected chi connectivity index (χ3v) is 4.48. The van der Waals surface area contributed by atoms with E-state index in [-0.39, 0.29) is 6.10 Å². The molecule has 1 fully saturated rings. The van der Waals surface area contributed by atoms with Gasteiger partial charge >= 0.3 is 0 Å². The molecule has 5 nitrogen and oxygen atoms in total. The molecule has 6 heteroatoms. The number of nitrogens with one attached hydrogen (secondary N) is 2. The van der Waals surface area contributed by atoms with Gasteiger partial charge in [0.2, 0.25) is 0 Å². The first-order valence-electron chi connectivity index (χ1n) is 7.70. The van der Waals surface area contributed by atoms with Crippen molar-refractivity contribution in [3.8, 4) is 0 Å². The Hall–Kier alpha value is -1.24. The largest absolute Gasteiger partial charge is 0.374 e. The second kappa shape index (κ2) is 9.71. The molecule has 1 atom stereocenters. The van der Waals surface area contributed by atoms with Crippen molar-refractivity contribution in [1.82, 2.24) is 15.5 Å². The summed E-state index contributed by atoms with van der Waals surface area (Å²) in [4.78, 5) is 7.84. The van der Waals surface area contributed by atoms with Crippen molar-refractivity contribution in [1.29, 1.82) is 0 Å². The van der Waals surface area contributed by atoms with Crippen LogP contribution in [0.2, 0.25) is 0 Å². The third kappa shape index (κ3) is 6.25. The van der Waals surface area contributed by atoms with Gasteiger partial charge < -0.3 is 20.3 Å². The topological polar surface area (TPSA) is 48.9 Å². The minimum Gasteiger partial charge on any atom is -0.374 e. The third-order valence-electron chi connectivity index (χ3n) is 3.47. The summed E-state index contributed by atoms with van der Waals surface area (Å²) >= 11 is 1.84. The molecule has 1 aromatic carbocycles. The lowest BCUT2D eigenvalue weighted by Crippen LogP contribution is -2.48. The van der Waals surface area contributed by atoms with Crippen LogP contribution in [0.1, 0.15) is 0 Å². The second-order valence-corrected chi connectivity index (χ2v) is 6.46. The van der Waals surface area contributed by atoms with E-state index in [4.69, 9.17) is 4.74 Å². The Morgan fingerprint density at radius 2 is 2.18 bits per heavy atom. The molecule has 0 aromatic heterocycles. The zero-order valence-electron chi connectivity index (χ0n) is 13.4. The highest BCUT2D eigenvalue weighted by atomic mass is 32.2. The average molecular weight is 322 g/mol. The summed E-state index contributed by atoms with van der Waals surface area (Å²) in [6.07, 6.45) is 0.232. The van der Waals surface area contributed by atoms with Crippen LogP contribution in [0.3, 0.4) is 0 Å². The SMILES string of the molecule is CN=C(NCCSc1ccccc1)NCC1CN(C)CCO1. The van der Waals surface area contributed by atoms with Gasteiger partial charge in [0.15, 0.2) is 5.96 Å². The Kier molecular flexibility index (Phi) is 7.56. The van der Waals surface area contributed by atoms with Crippen LogP contribution in [0.4, 0.5) is 0 Å². The number of ether oxygens (including phenoxy) is 1. The van der Waals surface area contributed by atoms with Gasteiger partial charge in [-0.15, -0.1) is 11.8 Å². The Balaban J connectivity index is 1.61. The highest BCUT2D eigenvalue weighted by Gasteiger charge is 2.17. The molecule has 1 heterocycles. The van der Waals surface area contributed by atoms with Crippen LogP contribution in [-0.2, 0) is 4.74 Å². The summed E-state index contributed by atoms with van der Waals surface area (Å²) in [6, 6.07) is 10.4. The van der Waals surface area contributed by atoms with Crippen LogP contribution in [0.15, 0.2) is 40.2 Å². The fourth-order valence-electron chi connectivity index (χ4n) is 2.28. The van der Waals surface area contributed by atoms with Crippen molar-refractivity contribution in [2.45, 2.75) is 11.0 Å². The number of rotatable bonds is 6. The maximum atomic E-state index is 5.74. The smallest absolute Gasteiger partial charge is 0.191 e. The molecule has 0 amide bonds. The van der Waals surface area contributed by atoms with E-state index in [0.29, 0.717) is 0 Å². The zero-order valence-corrected chi connectivity index (χ0v) is 14.2. The second-order valence-electron chi connectivity index (χ2n) is 5.30. The van der Waals surface area contributed by atoms with Crippen molar-refractivity contribution < 1.29 is 4.74 Å². The summed E-state index contributed by atoms with van der Waals surface area (Å²) in [7, 11) is 3.93. The summed E-state index contributed by atoms with van der Waals surface area (Å²) in [5, 5.41) is 6.68. The summed E-state index contributed by atoms with van der Waals surface area (Å²) < 4.78 is 5.74. The number of thioether (sulfide) groups is 1. The van der Waals surface area contributed by atoms with Crippen molar-refractivity contribution >= 4 is 17.7 Å². The number of hydrogen-bond donors (Lipinski definition) is 2. The Labute approximate surface area is 137 Å². The molecular weight excluding hydrogens is 296 g/mol. The van der Waals surface area contributed by atoms with Gasteiger partial charge in [0.1, 0.15) is 0 Å². The minimum atomic E-state index is 0.232. The maximum Gasteiger partial charge on any atom is 0.191 e. The van der Waals surface area contributed by atoms with E-state index in [9.17, 15) is 0 Å². The number of benzene rings is 1. The molecule has 1 saturated heterocycles. The van der Waals surface area contributed by atoms with Gasteiger partial charge in [-0.25, -0.2) is 0 Å². The predicted molar refractivity (Wildman–Crippen MR) is 93.8 cm³/mol. The molecule has 22 heavy (non-hydrogen) atoms. The minimum absolute atomic E-state index is 0.232. The summed E-state index contributed by atoms with van der Waals surface area (Å²) in [6.45, 7) is 4.46. The molecule has 1 aliphatic rings. The fourth-order valence-corrected chi connectivity index (χ4v) is 3.07. The molecule has 2 N–H and O–H groups in total. The molecular formula is C16H26N4OS. The van der Waals surface area contributed by atoms with E-state index >= 15 is 0 Å². The predicted octanol–water partition coefficient (Wildman–Crippen LogP) is 1.27. The van der Waals surface area contributed by atoms with Crippen molar-refractivity contribution in [2.24, 2.45) is 4.99 Å². The fraction of sp³-hybridized carbons (Fsp3) is 0.562. The normalized spacial score (nSPS) is 19.9. The lowest BCUT2D eigenvalue weighted by Gasteiger charge is -2.30. The van der Waals surface area contributed by atoms with Crippen molar-refractivity contribution in [2.75, 3.05) is 52.6 Å². The van der Waals surface area contributed by atoms with Crippen LogP contribution >= 0.6 is 11.8 Å². The van der Waals surface area contributed by atoms with Crippen molar-refractivity contribution in [3.63, 3.8) is 0 Å². The number of likely N-dealkylation sites (N-methyl/N-ethyl adjacent to an activating group) is 1. The van der Waals surface area contributed by atoms with E-state index in [0.717, 1.165) is 44.5 Å². The maximum absolute atomic E-state index is 5.74. The van der Waals surface area contributed by atoms with Gasteiger partial charge in [-0.2, -0.15) is 0 Å². The number of hydrogen-bond acceptors (Lipinski definition) is 4. The molecule has 1 aliphatic heterocycles. The van der Waals surface area contributed by atoms with E-state index < -0.39 is 0 Å². The monoisotopic (exact) mass is 322 g/mol. The Bertz CT molecular complexity index is 455. The van der Waals surface area contributed by atoms with Gasteiger partial charge in [0, 0.05) is 43.9 Å². The van der Waals surface area contributed by atoms with Crippen LogP contribution in [-0.4, -0.2) is 69.6 Å². The Morgan fingerprint density at radius 1 is 1.36 bits per heavy atom. The average Bonchev–Trinajstić information content (AvgIpc) is 2.55. The van der Waals surface area contributed by atoms with E-state index in [1.54, 1.807) is 7.05 Å². The molecule has 0 spiro atoms. The Morgan fingerprint density at radius 3 is 2.91 bits per heavy atom. The van der Waals surface area contributed by atoms with Crippen LogP contribution < -0.4 is 10.6 Å². The molecule has 0 radical (unpaired) electrons. The van der Waals surface area contributed by atoms with E-state index in [1.165, 1.54) is 4.90 Å². The lowest BCUT2D eigenvalue weighted by molar-refractivity contribution is -0.0161.